The fraction of sp³-hybridized carbons (Fsp3) is 0.611. The predicted octanol–water partition coefficient (Wildman–Crippen LogP) is 3.72. The number of nitrogens with zero attached hydrogens (tertiary/aromatic N) is 2. The molecule has 2 aromatic rings. The van der Waals surface area contributed by atoms with Gasteiger partial charge in [0.15, 0.2) is 0 Å². The smallest absolute Gasteiger partial charge is 0.114 e. The van der Waals surface area contributed by atoms with Crippen LogP contribution in [0.1, 0.15) is 50.9 Å². The molecule has 3 heteroatoms. The van der Waals surface area contributed by atoms with Crippen LogP contribution >= 0.6 is 0 Å². The second-order valence-electron chi connectivity index (χ2n) is 6.69. The van der Waals surface area contributed by atoms with Gasteiger partial charge in [-0.3, -0.25) is 0 Å². The van der Waals surface area contributed by atoms with Gasteiger partial charge in [0.05, 0.1) is 11.0 Å². The number of nitrogens with one attached hydrogen (secondary N) is 1. The molecule has 1 aliphatic rings. The highest BCUT2D eigenvalue weighted by molar-refractivity contribution is 5.77. The Balaban J connectivity index is 2.07. The number of hydrogen-bond donors (Lipinski definition) is 1. The first kappa shape index (κ1) is 14.6. The number of piperidine rings is 1. The third-order valence-electron chi connectivity index (χ3n) is 4.46. The summed E-state index contributed by atoms with van der Waals surface area (Å²) in [5.41, 5.74) is 3.86. The number of rotatable bonds is 4. The Kier molecular flexibility index (Phi) is 4.29. The van der Waals surface area contributed by atoms with Crippen LogP contribution in [0.4, 0.5) is 0 Å². The maximum Gasteiger partial charge on any atom is 0.114 e. The van der Waals surface area contributed by atoms with Crippen LogP contribution in [0.2, 0.25) is 0 Å². The average molecular weight is 285 g/mol. The van der Waals surface area contributed by atoms with Crippen LogP contribution in [-0.4, -0.2) is 22.6 Å². The number of aryl methyl sites for hydroxylation is 1. The molecular weight excluding hydrogens is 258 g/mol. The molecule has 1 aliphatic heterocycles. The van der Waals surface area contributed by atoms with Crippen LogP contribution in [0.3, 0.4) is 0 Å². The second kappa shape index (κ2) is 6.18. The molecule has 1 fully saturated rings. The van der Waals surface area contributed by atoms with Crippen LogP contribution in [0, 0.1) is 5.92 Å². The van der Waals surface area contributed by atoms with Crippen molar-refractivity contribution in [2.24, 2.45) is 5.92 Å². The van der Waals surface area contributed by atoms with Crippen molar-refractivity contribution in [3.05, 3.63) is 29.6 Å². The van der Waals surface area contributed by atoms with Gasteiger partial charge in [0.25, 0.3) is 0 Å². The van der Waals surface area contributed by atoms with Crippen molar-refractivity contribution < 1.29 is 0 Å². The number of benzene rings is 1. The van der Waals surface area contributed by atoms with E-state index in [1.54, 1.807) is 0 Å². The number of fused-ring (bicyclic) bond motifs is 1. The van der Waals surface area contributed by atoms with Crippen molar-refractivity contribution in [2.45, 2.75) is 52.5 Å². The molecule has 3 rings (SSSR count). The highest BCUT2D eigenvalue weighted by Crippen LogP contribution is 2.28. The van der Waals surface area contributed by atoms with Crippen LogP contribution in [0.15, 0.2) is 18.2 Å². The SMILES string of the molecule is CCc1ccc2c(c1)nc(C1CCCNC1)n2CC(C)C. The Bertz CT molecular complexity index is 606. The van der Waals surface area contributed by atoms with Gasteiger partial charge in [0, 0.05) is 19.0 Å². The van der Waals surface area contributed by atoms with Gasteiger partial charge in [0.1, 0.15) is 5.82 Å². The molecule has 1 atom stereocenters. The van der Waals surface area contributed by atoms with Crippen molar-refractivity contribution in [2.75, 3.05) is 13.1 Å². The van der Waals surface area contributed by atoms with Crippen molar-refractivity contribution in [1.82, 2.24) is 14.9 Å². The highest BCUT2D eigenvalue weighted by atomic mass is 15.1. The first-order valence-electron chi connectivity index (χ1n) is 8.38. The van der Waals surface area contributed by atoms with Crippen LogP contribution in [0.5, 0.6) is 0 Å². The normalized spacial score (nSPS) is 19.5. The van der Waals surface area contributed by atoms with E-state index in [0.717, 1.165) is 26.1 Å². The van der Waals surface area contributed by atoms with Crippen molar-refractivity contribution >= 4 is 11.0 Å². The maximum absolute atomic E-state index is 5.02. The molecule has 0 radical (unpaired) electrons. The lowest BCUT2D eigenvalue weighted by molar-refractivity contribution is 0.421. The van der Waals surface area contributed by atoms with E-state index in [9.17, 15) is 0 Å². The summed E-state index contributed by atoms with van der Waals surface area (Å²) in [6.45, 7) is 10.1. The average Bonchev–Trinajstić information content (AvgIpc) is 2.85. The minimum atomic E-state index is 0.565. The summed E-state index contributed by atoms with van der Waals surface area (Å²) in [6.07, 6.45) is 3.60. The molecule has 0 aliphatic carbocycles. The minimum Gasteiger partial charge on any atom is -0.327 e. The third kappa shape index (κ3) is 2.98. The van der Waals surface area contributed by atoms with E-state index in [2.05, 4.69) is 48.9 Å². The summed E-state index contributed by atoms with van der Waals surface area (Å²) in [4.78, 5) is 5.02. The molecule has 1 N–H and O–H groups in total. The molecule has 0 amide bonds. The molecule has 1 aromatic carbocycles. The molecule has 2 heterocycles. The summed E-state index contributed by atoms with van der Waals surface area (Å²) >= 11 is 0. The zero-order valence-corrected chi connectivity index (χ0v) is 13.5. The summed E-state index contributed by atoms with van der Waals surface area (Å²) in [5.74, 6) is 2.50. The van der Waals surface area contributed by atoms with E-state index in [4.69, 9.17) is 4.98 Å². The fourth-order valence-electron chi connectivity index (χ4n) is 3.35. The van der Waals surface area contributed by atoms with Crippen LogP contribution < -0.4 is 5.32 Å². The predicted molar refractivity (Wildman–Crippen MR) is 88.8 cm³/mol. The van der Waals surface area contributed by atoms with Crippen LogP contribution in [0.25, 0.3) is 11.0 Å². The van der Waals surface area contributed by atoms with Crippen molar-refractivity contribution in [3.63, 3.8) is 0 Å². The fourth-order valence-corrected chi connectivity index (χ4v) is 3.35. The monoisotopic (exact) mass is 285 g/mol. The molecule has 114 valence electrons. The lowest BCUT2D eigenvalue weighted by Gasteiger charge is -2.24. The van der Waals surface area contributed by atoms with Crippen molar-refractivity contribution in [1.29, 1.82) is 0 Å². The number of aromatic nitrogens is 2. The second-order valence-corrected chi connectivity index (χ2v) is 6.69. The van der Waals surface area contributed by atoms with E-state index in [0.29, 0.717) is 11.8 Å². The molecule has 1 saturated heterocycles. The van der Waals surface area contributed by atoms with E-state index < -0.39 is 0 Å². The molecule has 1 aromatic heterocycles. The Hall–Kier alpha value is -1.35. The Morgan fingerprint density at radius 2 is 2.24 bits per heavy atom. The summed E-state index contributed by atoms with van der Waals surface area (Å²) < 4.78 is 2.47. The quantitative estimate of drug-likeness (QED) is 0.928. The molecule has 1 unspecified atom stereocenters. The van der Waals surface area contributed by atoms with Crippen molar-refractivity contribution in [3.8, 4) is 0 Å². The largest absolute Gasteiger partial charge is 0.327 e. The zero-order valence-electron chi connectivity index (χ0n) is 13.5. The number of imidazole rings is 1. The van der Waals surface area contributed by atoms with Gasteiger partial charge in [0.2, 0.25) is 0 Å². The minimum absolute atomic E-state index is 0.565. The summed E-state index contributed by atoms with van der Waals surface area (Å²) in [6, 6.07) is 6.79. The molecular formula is C18H27N3. The van der Waals surface area contributed by atoms with Gasteiger partial charge in [-0.25, -0.2) is 4.98 Å². The Morgan fingerprint density at radius 3 is 2.90 bits per heavy atom. The van der Waals surface area contributed by atoms with Gasteiger partial charge in [-0.1, -0.05) is 26.8 Å². The molecule has 0 bridgehead atoms. The van der Waals surface area contributed by atoms with E-state index in [1.807, 2.05) is 0 Å². The molecule has 0 saturated carbocycles. The number of hydrogen-bond acceptors (Lipinski definition) is 2. The topological polar surface area (TPSA) is 29.9 Å². The van der Waals surface area contributed by atoms with Gasteiger partial charge in [-0.15, -0.1) is 0 Å². The van der Waals surface area contributed by atoms with Gasteiger partial charge >= 0.3 is 0 Å². The van der Waals surface area contributed by atoms with Gasteiger partial charge < -0.3 is 9.88 Å². The van der Waals surface area contributed by atoms with Gasteiger partial charge in [-0.05, 0) is 49.4 Å². The standard InChI is InChI=1S/C18H27N3/c1-4-14-7-8-17-16(10-14)20-18(21(17)12-13(2)3)15-6-5-9-19-11-15/h7-8,10,13,15,19H,4-6,9,11-12H2,1-3H3. The van der Waals surface area contributed by atoms with E-state index in [1.165, 1.54) is 35.3 Å². The van der Waals surface area contributed by atoms with Gasteiger partial charge in [-0.2, -0.15) is 0 Å². The lowest BCUT2D eigenvalue weighted by Crippen LogP contribution is -2.30. The molecule has 3 nitrogen and oxygen atoms in total. The summed E-state index contributed by atoms with van der Waals surface area (Å²) in [7, 11) is 0. The van der Waals surface area contributed by atoms with Crippen LogP contribution in [-0.2, 0) is 13.0 Å². The molecule has 21 heavy (non-hydrogen) atoms. The first-order chi connectivity index (χ1) is 10.2. The first-order valence-corrected chi connectivity index (χ1v) is 8.38. The Labute approximate surface area is 127 Å². The lowest BCUT2D eigenvalue weighted by atomic mass is 9.98. The third-order valence-corrected chi connectivity index (χ3v) is 4.46. The highest BCUT2D eigenvalue weighted by Gasteiger charge is 2.22. The summed E-state index contributed by atoms with van der Waals surface area (Å²) in [5, 5.41) is 3.53. The van der Waals surface area contributed by atoms with E-state index in [-0.39, 0.29) is 0 Å². The molecule has 0 spiro atoms. The zero-order chi connectivity index (χ0) is 14.8. The Morgan fingerprint density at radius 1 is 1.38 bits per heavy atom. The maximum atomic E-state index is 5.02. The van der Waals surface area contributed by atoms with E-state index >= 15 is 0 Å².